The lowest BCUT2D eigenvalue weighted by atomic mass is 9.75. The van der Waals surface area contributed by atoms with Gasteiger partial charge in [-0.25, -0.2) is 4.79 Å². The molecule has 34 heavy (non-hydrogen) atoms. The highest BCUT2D eigenvalue weighted by molar-refractivity contribution is 5.91. The SMILES string of the molecule is CN1CCN(C(=O)C2(NC(=O)OCC3c4ccccc4-c4ccccc43)CCC2)CC1C(=O)O. The van der Waals surface area contributed by atoms with E-state index >= 15 is 0 Å². The minimum atomic E-state index is -1.01. The van der Waals surface area contributed by atoms with Gasteiger partial charge in [-0.05, 0) is 48.6 Å². The number of nitrogens with zero attached hydrogens (tertiary/aromatic N) is 2. The maximum absolute atomic E-state index is 13.3. The third-order valence-corrected chi connectivity index (χ3v) is 7.52. The van der Waals surface area contributed by atoms with Crippen LogP contribution in [0.15, 0.2) is 48.5 Å². The van der Waals surface area contributed by atoms with E-state index in [1.165, 1.54) is 0 Å². The van der Waals surface area contributed by atoms with Gasteiger partial charge >= 0.3 is 12.1 Å². The molecule has 0 spiro atoms. The van der Waals surface area contributed by atoms with Crippen molar-refractivity contribution in [1.82, 2.24) is 15.1 Å². The predicted molar refractivity (Wildman–Crippen MR) is 125 cm³/mol. The van der Waals surface area contributed by atoms with Crippen LogP contribution in [0.3, 0.4) is 0 Å². The average molecular weight is 464 g/mol. The molecule has 5 rings (SSSR count). The number of carbonyl (C=O) groups is 3. The van der Waals surface area contributed by atoms with Crippen LogP contribution in [0.4, 0.5) is 4.79 Å². The topological polar surface area (TPSA) is 99.2 Å². The fourth-order valence-corrected chi connectivity index (χ4v) is 5.38. The third kappa shape index (κ3) is 3.81. The number of carboxylic acid groups (broad SMARTS) is 1. The van der Waals surface area contributed by atoms with Crippen LogP contribution in [0, 0.1) is 0 Å². The fraction of sp³-hybridized carbons (Fsp3) is 0.423. The van der Waals surface area contributed by atoms with E-state index in [1.54, 1.807) is 16.8 Å². The summed E-state index contributed by atoms with van der Waals surface area (Å²) in [6.45, 7) is 1.20. The molecule has 0 radical (unpaired) electrons. The molecule has 2 amide bonds. The Kier molecular flexibility index (Phi) is 5.77. The molecule has 1 unspecified atom stereocenters. The van der Waals surface area contributed by atoms with Gasteiger partial charge in [-0.15, -0.1) is 0 Å². The number of likely N-dealkylation sites (N-methyl/N-ethyl adjacent to an activating group) is 1. The van der Waals surface area contributed by atoms with Crippen LogP contribution in [0.5, 0.6) is 0 Å². The molecule has 2 aliphatic carbocycles. The number of carbonyl (C=O) groups excluding carboxylic acids is 2. The van der Waals surface area contributed by atoms with Gasteiger partial charge in [0.1, 0.15) is 18.2 Å². The predicted octanol–water partition coefficient (Wildman–Crippen LogP) is 2.67. The Bertz CT molecular complexity index is 1080. The van der Waals surface area contributed by atoms with Crippen molar-refractivity contribution in [3.05, 3.63) is 59.7 Å². The van der Waals surface area contributed by atoms with Crippen molar-refractivity contribution in [2.24, 2.45) is 0 Å². The quantitative estimate of drug-likeness (QED) is 0.708. The van der Waals surface area contributed by atoms with Gasteiger partial charge in [0.2, 0.25) is 5.91 Å². The lowest BCUT2D eigenvalue weighted by Gasteiger charge is -2.46. The highest BCUT2D eigenvalue weighted by Crippen LogP contribution is 2.44. The minimum absolute atomic E-state index is 0.0554. The Morgan fingerprint density at radius 3 is 2.21 bits per heavy atom. The summed E-state index contributed by atoms with van der Waals surface area (Å²) < 4.78 is 5.66. The first-order valence-corrected chi connectivity index (χ1v) is 11.8. The molecule has 8 heteroatoms. The van der Waals surface area contributed by atoms with Gasteiger partial charge < -0.3 is 20.1 Å². The summed E-state index contributed by atoms with van der Waals surface area (Å²) in [7, 11) is 1.74. The average Bonchev–Trinajstić information content (AvgIpc) is 3.13. The molecule has 2 aromatic carbocycles. The summed E-state index contributed by atoms with van der Waals surface area (Å²) in [5.41, 5.74) is 3.55. The van der Waals surface area contributed by atoms with E-state index in [0.29, 0.717) is 25.9 Å². The standard InChI is InChI=1S/C26H29N3O5/c1-28-13-14-29(15-22(28)23(30)31)24(32)26(11-6-12-26)27-25(33)34-16-21-19-9-4-2-7-17(19)18-8-3-5-10-20(18)21/h2-5,7-10,21-22H,6,11-16H2,1H3,(H,27,33)(H,30,31). The molecule has 0 aromatic heterocycles. The molecular formula is C26H29N3O5. The maximum atomic E-state index is 13.3. The number of benzene rings is 2. The second-order valence-electron chi connectivity index (χ2n) is 9.47. The highest BCUT2D eigenvalue weighted by Gasteiger charge is 2.49. The summed E-state index contributed by atoms with van der Waals surface area (Å²) in [4.78, 5) is 41.0. The summed E-state index contributed by atoms with van der Waals surface area (Å²) in [5.74, 6) is -1.22. The highest BCUT2D eigenvalue weighted by atomic mass is 16.5. The van der Waals surface area contributed by atoms with E-state index in [2.05, 4.69) is 29.6 Å². The molecule has 1 atom stereocenters. The first-order chi connectivity index (χ1) is 16.4. The lowest BCUT2D eigenvalue weighted by molar-refractivity contribution is -0.151. The number of carboxylic acids is 1. The number of fused-ring (bicyclic) bond motifs is 3. The molecule has 1 heterocycles. The fourth-order valence-electron chi connectivity index (χ4n) is 5.38. The number of aliphatic carboxylic acids is 1. The van der Waals surface area contributed by atoms with Crippen molar-refractivity contribution in [3.8, 4) is 11.1 Å². The Hall–Kier alpha value is -3.39. The molecular weight excluding hydrogens is 434 g/mol. The van der Waals surface area contributed by atoms with Crippen LogP contribution in [0.1, 0.15) is 36.3 Å². The van der Waals surface area contributed by atoms with Crippen molar-refractivity contribution in [3.63, 3.8) is 0 Å². The van der Waals surface area contributed by atoms with E-state index < -0.39 is 23.6 Å². The number of ether oxygens (including phenoxy) is 1. The van der Waals surface area contributed by atoms with E-state index in [9.17, 15) is 19.5 Å². The second-order valence-corrected chi connectivity index (χ2v) is 9.47. The number of rotatable bonds is 5. The van der Waals surface area contributed by atoms with Crippen molar-refractivity contribution >= 4 is 18.0 Å². The van der Waals surface area contributed by atoms with E-state index in [0.717, 1.165) is 28.7 Å². The zero-order valence-corrected chi connectivity index (χ0v) is 19.2. The minimum Gasteiger partial charge on any atom is -0.480 e. The Balaban J connectivity index is 1.25. The van der Waals surface area contributed by atoms with Gasteiger partial charge in [-0.2, -0.15) is 0 Å². The Morgan fingerprint density at radius 2 is 1.65 bits per heavy atom. The summed E-state index contributed by atoms with van der Waals surface area (Å²) >= 11 is 0. The maximum Gasteiger partial charge on any atom is 0.408 e. The molecule has 2 N–H and O–H groups in total. The molecule has 2 fully saturated rings. The first-order valence-electron chi connectivity index (χ1n) is 11.8. The zero-order valence-electron chi connectivity index (χ0n) is 19.2. The molecule has 178 valence electrons. The number of alkyl carbamates (subject to hydrolysis) is 1. The van der Waals surface area contributed by atoms with Crippen LogP contribution in [0.2, 0.25) is 0 Å². The monoisotopic (exact) mass is 463 g/mol. The van der Waals surface area contributed by atoms with E-state index in [4.69, 9.17) is 4.74 Å². The van der Waals surface area contributed by atoms with Gasteiger partial charge in [0.25, 0.3) is 0 Å². The molecule has 8 nitrogen and oxygen atoms in total. The van der Waals surface area contributed by atoms with Gasteiger partial charge in [0.05, 0.1) is 0 Å². The molecule has 2 aromatic rings. The van der Waals surface area contributed by atoms with Gasteiger partial charge in [0, 0.05) is 25.6 Å². The normalized spacial score (nSPS) is 21.2. The summed E-state index contributed by atoms with van der Waals surface area (Å²) in [6.07, 6.45) is 1.27. The smallest absolute Gasteiger partial charge is 0.408 e. The number of amides is 2. The van der Waals surface area contributed by atoms with Crippen LogP contribution in [0.25, 0.3) is 11.1 Å². The second kappa shape index (κ2) is 8.76. The van der Waals surface area contributed by atoms with Gasteiger partial charge in [-0.3, -0.25) is 14.5 Å². The number of hydrogen-bond donors (Lipinski definition) is 2. The lowest BCUT2D eigenvalue weighted by Crippen LogP contribution is -2.67. The molecule has 1 saturated heterocycles. The van der Waals surface area contributed by atoms with Gasteiger partial charge in [-0.1, -0.05) is 48.5 Å². The van der Waals surface area contributed by atoms with E-state index in [1.807, 2.05) is 24.3 Å². The van der Waals surface area contributed by atoms with Crippen LogP contribution in [-0.2, 0) is 14.3 Å². The Labute approximate surface area is 198 Å². The zero-order chi connectivity index (χ0) is 23.9. The molecule has 1 saturated carbocycles. The van der Waals surface area contributed by atoms with Crippen LogP contribution < -0.4 is 5.32 Å². The third-order valence-electron chi connectivity index (χ3n) is 7.52. The first kappa shape index (κ1) is 22.4. The van der Waals surface area contributed by atoms with E-state index in [-0.39, 0.29) is 25.0 Å². The van der Waals surface area contributed by atoms with Crippen molar-refractivity contribution < 1.29 is 24.2 Å². The molecule has 1 aliphatic heterocycles. The van der Waals surface area contributed by atoms with Crippen molar-refractivity contribution in [2.45, 2.75) is 36.8 Å². The van der Waals surface area contributed by atoms with Crippen molar-refractivity contribution in [1.29, 1.82) is 0 Å². The summed E-state index contributed by atoms with van der Waals surface area (Å²) in [5, 5.41) is 12.3. The van der Waals surface area contributed by atoms with Crippen molar-refractivity contribution in [2.75, 3.05) is 33.3 Å². The van der Waals surface area contributed by atoms with Crippen LogP contribution in [-0.4, -0.2) is 77.7 Å². The van der Waals surface area contributed by atoms with Crippen LogP contribution >= 0.6 is 0 Å². The molecule has 3 aliphatic rings. The number of hydrogen-bond acceptors (Lipinski definition) is 5. The number of piperazine rings is 1. The largest absolute Gasteiger partial charge is 0.480 e. The Morgan fingerprint density at radius 1 is 1.03 bits per heavy atom. The molecule has 0 bridgehead atoms. The summed E-state index contributed by atoms with van der Waals surface area (Å²) in [6, 6.07) is 15.5. The number of nitrogens with one attached hydrogen (secondary N) is 1. The van der Waals surface area contributed by atoms with Gasteiger partial charge in [0.15, 0.2) is 0 Å².